The van der Waals surface area contributed by atoms with Gasteiger partial charge in [0.25, 0.3) is 0 Å². The fourth-order valence-corrected chi connectivity index (χ4v) is 1.88. The van der Waals surface area contributed by atoms with Crippen molar-refractivity contribution in [2.75, 3.05) is 0 Å². The summed E-state index contributed by atoms with van der Waals surface area (Å²) in [5, 5.41) is 8.86. The maximum Gasteiger partial charge on any atom is 0.140 e. The molecular formula is C12H18O4. The lowest BCUT2D eigenvalue weighted by Crippen LogP contribution is -2.18. The molecule has 4 nitrogen and oxygen atoms in total. The van der Waals surface area contributed by atoms with E-state index in [4.69, 9.17) is 5.11 Å². The van der Waals surface area contributed by atoms with E-state index in [1.807, 2.05) is 0 Å². The number of rotatable bonds is 0. The minimum atomic E-state index is -0.337. The molecule has 16 heavy (non-hydrogen) atoms. The SMILES string of the molecule is O=C1CCCC(=O)C1.O=C1CCCC(O)C1. The highest BCUT2D eigenvalue weighted by Gasteiger charge is 2.16. The number of Topliss-reactive ketones (excluding diaryl/α,β-unsaturated/α-hetero) is 3. The van der Waals surface area contributed by atoms with Gasteiger partial charge < -0.3 is 5.11 Å². The zero-order valence-electron chi connectivity index (χ0n) is 9.41. The quantitative estimate of drug-likeness (QED) is 0.630. The maximum absolute atomic E-state index is 10.5. The standard InChI is InChI=1S/C6H10O2.C6H8O2/c2*7-5-2-1-3-6(8)4-5/h5,7H,1-4H2;1-4H2. The Morgan fingerprint density at radius 1 is 0.875 bits per heavy atom. The first-order valence-electron chi connectivity index (χ1n) is 5.81. The van der Waals surface area contributed by atoms with Crippen molar-refractivity contribution in [3.8, 4) is 0 Å². The largest absolute Gasteiger partial charge is 0.393 e. The predicted molar refractivity (Wildman–Crippen MR) is 58.0 cm³/mol. The molecule has 2 rings (SSSR count). The molecule has 2 saturated carbocycles. The van der Waals surface area contributed by atoms with E-state index in [9.17, 15) is 14.4 Å². The minimum Gasteiger partial charge on any atom is -0.393 e. The molecule has 90 valence electrons. The number of aliphatic hydroxyl groups excluding tert-OH is 1. The molecule has 0 aromatic rings. The van der Waals surface area contributed by atoms with Crippen molar-refractivity contribution < 1.29 is 19.5 Å². The topological polar surface area (TPSA) is 71.4 Å². The van der Waals surface area contributed by atoms with Gasteiger partial charge in [0, 0.05) is 25.7 Å². The van der Waals surface area contributed by atoms with Crippen LogP contribution in [-0.2, 0) is 14.4 Å². The van der Waals surface area contributed by atoms with Crippen LogP contribution in [-0.4, -0.2) is 28.6 Å². The summed E-state index contributed by atoms with van der Waals surface area (Å²) in [7, 11) is 0. The van der Waals surface area contributed by atoms with Gasteiger partial charge in [0.05, 0.1) is 12.5 Å². The molecule has 0 spiro atoms. The van der Waals surface area contributed by atoms with Gasteiger partial charge in [-0.2, -0.15) is 0 Å². The lowest BCUT2D eigenvalue weighted by Gasteiger charge is -2.13. The number of ketones is 3. The van der Waals surface area contributed by atoms with Gasteiger partial charge in [0.15, 0.2) is 0 Å². The number of hydrogen-bond donors (Lipinski definition) is 1. The Labute approximate surface area is 95.0 Å². The van der Waals surface area contributed by atoms with E-state index in [0.717, 1.165) is 19.3 Å². The summed E-state index contributed by atoms with van der Waals surface area (Å²) < 4.78 is 0. The van der Waals surface area contributed by atoms with Crippen molar-refractivity contribution in [3.05, 3.63) is 0 Å². The minimum absolute atomic E-state index is 0.112. The van der Waals surface area contributed by atoms with E-state index in [2.05, 4.69) is 0 Å². The van der Waals surface area contributed by atoms with Crippen LogP contribution in [0.15, 0.2) is 0 Å². The van der Waals surface area contributed by atoms with Crippen LogP contribution in [0.5, 0.6) is 0 Å². The highest BCUT2D eigenvalue weighted by Crippen LogP contribution is 2.13. The zero-order chi connectivity index (χ0) is 12.0. The van der Waals surface area contributed by atoms with Crippen molar-refractivity contribution in [1.82, 2.24) is 0 Å². The Bertz CT molecular complexity index is 269. The zero-order valence-corrected chi connectivity index (χ0v) is 9.41. The average molecular weight is 226 g/mol. The Morgan fingerprint density at radius 3 is 1.75 bits per heavy atom. The van der Waals surface area contributed by atoms with Gasteiger partial charge in [0.1, 0.15) is 17.3 Å². The lowest BCUT2D eigenvalue weighted by atomic mass is 9.97. The summed E-state index contributed by atoms with van der Waals surface area (Å²) in [5.41, 5.74) is 0. The third-order valence-corrected chi connectivity index (χ3v) is 2.76. The molecule has 2 aliphatic carbocycles. The summed E-state index contributed by atoms with van der Waals surface area (Å²) in [5.74, 6) is 0.436. The summed E-state index contributed by atoms with van der Waals surface area (Å²) >= 11 is 0. The van der Waals surface area contributed by atoms with Crippen LogP contribution in [0.4, 0.5) is 0 Å². The number of aliphatic hydroxyl groups is 1. The molecule has 1 unspecified atom stereocenters. The van der Waals surface area contributed by atoms with Gasteiger partial charge >= 0.3 is 0 Å². The van der Waals surface area contributed by atoms with E-state index >= 15 is 0 Å². The Hall–Kier alpha value is -1.03. The van der Waals surface area contributed by atoms with Gasteiger partial charge in [-0.05, 0) is 19.3 Å². The highest BCUT2D eigenvalue weighted by molar-refractivity contribution is 6.01. The Balaban J connectivity index is 0.000000160. The molecule has 0 bridgehead atoms. The van der Waals surface area contributed by atoms with E-state index in [-0.39, 0.29) is 29.9 Å². The van der Waals surface area contributed by atoms with Crippen LogP contribution in [0.2, 0.25) is 0 Å². The molecule has 0 aliphatic heterocycles. The molecule has 0 radical (unpaired) electrons. The van der Waals surface area contributed by atoms with E-state index < -0.39 is 0 Å². The molecule has 1 N–H and O–H groups in total. The van der Waals surface area contributed by atoms with Crippen LogP contribution < -0.4 is 0 Å². The molecule has 2 aliphatic rings. The van der Waals surface area contributed by atoms with Crippen LogP contribution in [0.3, 0.4) is 0 Å². The monoisotopic (exact) mass is 226 g/mol. The number of carbonyl (C=O) groups is 3. The van der Waals surface area contributed by atoms with Crippen LogP contribution in [0.25, 0.3) is 0 Å². The molecule has 0 heterocycles. The first-order chi connectivity index (χ1) is 7.58. The van der Waals surface area contributed by atoms with E-state index in [1.54, 1.807) is 0 Å². The van der Waals surface area contributed by atoms with Gasteiger partial charge in [-0.25, -0.2) is 0 Å². The van der Waals surface area contributed by atoms with Gasteiger partial charge in [-0.1, -0.05) is 0 Å². The fourth-order valence-electron chi connectivity index (χ4n) is 1.88. The highest BCUT2D eigenvalue weighted by atomic mass is 16.3. The molecule has 0 aromatic heterocycles. The average Bonchev–Trinajstić information content (AvgIpc) is 2.17. The van der Waals surface area contributed by atoms with Crippen molar-refractivity contribution in [3.63, 3.8) is 0 Å². The van der Waals surface area contributed by atoms with Crippen LogP contribution in [0, 0.1) is 0 Å². The number of carbonyl (C=O) groups excluding carboxylic acids is 3. The smallest absolute Gasteiger partial charge is 0.140 e. The summed E-state index contributed by atoms with van der Waals surface area (Å²) in [6.45, 7) is 0. The summed E-state index contributed by atoms with van der Waals surface area (Å²) in [6, 6.07) is 0. The summed E-state index contributed by atoms with van der Waals surface area (Å²) in [6.07, 6.45) is 4.62. The van der Waals surface area contributed by atoms with Gasteiger partial charge in [-0.3, -0.25) is 14.4 Å². The van der Waals surface area contributed by atoms with Crippen molar-refractivity contribution in [2.24, 2.45) is 0 Å². The maximum atomic E-state index is 10.5. The predicted octanol–water partition coefficient (Wildman–Crippen LogP) is 1.19. The normalized spacial score (nSPS) is 26.1. The first kappa shape index (κ1) is 13.0. The van der Waals surface area contributed by atoms with Crippen LogP contribution in [0.1, 0.15) is 51.4 Å². The summed E-state index contributed by atoms with van der Waals surface area (Å²) in [4.78, 5) is 31.4. The van der Waals surface area contributed by atoms with E-state index in [1.165, 1.54) is 0 Å². The molecule has 4 heteroatoms. The number of hydrogen-bond acceptors (Lipinski definition) is 4. The Morgan fingerprint density at radius 2 is 1.44 bits per heavy atom. The second-order valence-electron chi connectivity index (χ2n) is 4.40. The third-order valence-electron chi connectivity index (χ3n) is 2.76. The molecule has 0 aromatic carbocycles. The van der Waals surface area contributed by atoms with E-state index in [0.29, 0.717) is 25.7 Å². The molecule has 0 amide bonds. The van der Waals surface area contributed by atoms with Crippen molar-refractivity contribution >= 4 is 17.3 Å². The third kappa shape index (κ3) is 5.16. The molecule has 0 saturated heterocycles. The molecule has 2 fully saturated rings. The Kier molecular flexibility index (Phi) is 5.32. The fraction of sp³-hybridized carbons (Fsp3) is 0.750. The lowest BCUT2D eigenvalue weighted by molar-refractivity contribution is -0.129. The molecular weight excluding hydrogens is 208 g/mol. The second-order valence-corrected chi connectivity index (χ2v) is 4.40. The second kappa shape index (κ2) is 6.53. The van der Waals surface area contributed by atoms with Gasteiger partial charge in [0.2, 0.25) is 0 Å². The van der Waals surface area contributed by atoms with Crippen LogP contribution >= 0.6 is 0 Å². The molecule has 1 atom stereocenters. The first-order valence-corrected chi connectivity index (χ1v) is 5.81. The van der Waals surface area contributed by atoms with Gasteiger partial charge in [-0.15, -0.1) is 0 Å². The van der Waals surface area contributed by atoms with Crippen molar-refractivity contribution in [2.45, 2.75) is 57.5 Å². The van der Waals surface area contributed by atoms with Crippen molar-refractivity contribution in [1.29, 1.82) is 0 Å².